The Labute approximate surface area is 197 Å². The first-order valence-electron chi connectivity index (χ1n) is 8.96. The number of halogens is 2. The topological polar surface area (TPSA) is 70.8 Å². The molecule has 1 saturated heterocycles. The van der Waals surface area contributed by atoms with Gasteiger partial charge in [0.15, 0.2) is 6.04 Å². The highest BCUT2D eigenvalue weighted by Crippen LogP contribution is 2.40. The van der Waals surface area contributed by atoms with Gasteiger partial charge >= 0.3 is 5.97 Å². The standard InChI is InChI=1S/C22H13Cl2NO4S2/c23-14-7-4-8-15(24)18(14)16-10-9-13(29-16)11-17-20(26)25(22(30)31-17)19(21(27)28)12-5-2-1-3-6-12/h1-11,19H,(H,27,28)/b17-11-. The van der Waals surface area contributed by atoms with Crippen LogP contribution >= 0.6 is 47.2 Å². The van der Waals surface area contributed by atoms with Crippen molar-refractivity contribution in [3.63, 3.8) is 0 Å². The number of furan rings is 1. The molecule has 0 saturated carbocycles. The average molecular weight is 490 g/mol. The van der Waals surface area contributed by atoms with Gasteiger partial charge in [-0.1, -0.05) is 83.6 Å². The van der Waals surface area contributed by atoms with Gasteiger partial charge in [-0.3, -0.25) is 9.69 Å². The molecule has 4 rings (SSSR count). The van der Waals surface area contributed by atoms with Crippen LogP contribution in [0.4, 0.5) is 0 Å². The highest BCUT2D eigenvalue weighted by Gasteiger charge is 2.41. The molecule has 1 atom stereocenters. The van der Waals surface area contributed by atoms with E-state index in [1.165, 1.54) is 6.08 Å². The summed E-state index contributed by atoms with van der Waals surface area (Å²) in [5, 5.41) is 10.6. The van der Waals surface area contributed by atoms with Crippen LogP contribution in [0.25, 0.3) is 17.4 Å². The molecule has 156 valence electrons. The van der Waals surface area contributed by atoms with Crippen LogP contribution in [0, 0.1) is 0 Å². The van der Waals surface area contributed by atoms with Gasteiger partial charge in [-0.25, -0.2) is 4.79 Å². The van der Waals surface area contributed by atoms with E-state index in [0.29, 0.717) is 32.7 Å². The van der Waals surface area contributed by atoms with Crippen molar-refractivity contribution in [2.45, 2.75) is 6.04 Å². The number of rotatable bonds is 5. The van der Waals surface area contributed by atoms with Crippen molar-refractivity contribution in [2.24, 2.45) is 0 Å². The summed E-state index contributed by atoms with van der Waals surface area (Å²) in [6, 6.07) is 15.8. The van der Waals surface area contributed by atoms with Crippen molar-refractivity contribution in [3.8, 4) is 11.3 Å². The quantitative estimate of drug-likeness (QED) is 0.335. The Balaban J connectivity index is 1.65. The Morgan fingerprint density at radius 1 is 1.06 bits per heavy atom. The highest BCUT2D eigenvalue weighted by molar-refractivity contribution is 8.26. The van der Waals surface area contributed by atoms with Gasteiger partial charge in [0.2, 0.25) is 0 Å². The molecule has 5 nitrogen and oxygen atoms in total. The molecular weight excluding hydrogens is 477 g/mol. The fourth-order valence-corrected chi connectivity index (χ4v) is 5.04. The summed E-state index contributed by atoms with van der Waals surface area (Å²) in [6.45, 7) is 0. The van der Waals surface area contributed by atoms with Crippen LogP contribution in [0.15, 0.2) is 70.0 Å². The number of carboxylic acids is 1. The van der Waals surface area contributed by atoms with Crippen molar-refractivity contribution >= 4 is 69.5 Å². The number of carboxylic acid groups (broad SMARTS) is 1. The molecule has 1 fully saturated rings. The average Bonchev–Trinajstić information content (AvgIpc) is 3.29. The van der Waals surface area contributed by atoms with Crippen LogP contribution < -0.4 is 0 Å². The lowest BCUT2D eigenvalue weighted by Crippen LogP contribution is -2.37. The zero-order chi connectivity index (χ0) is 22.1. The highest BCUT2D eigenvalue weighted by atomic mass is 35.5. The van der Waals surface area contributed by atoms with Crippen molar-refractivity contribution < 1.29 is 19.1 Å². The van der Waals surface area contributed by atoms with E-state index in [1.807, 2.05) is 0 Å². The van der Waals surface area contributed by atoms with Crippen LogP contribution in [-0.2, 0) is 9.59 Å². The molecule has 2 heterocycles. The minimum Gasteiger partial charge on any atom is -0.479 e. The minimum atomic E-state index is -1.21. The first kappa shape index (κ1) is 21.6. The Kier molecular flexibility index (Phi) is 6.20. The molecule has 0 radical (unpaired) electrons. The molecule has 2 aromatic carbocycles. The van der Waals surface area contributed by atoms with E-state index < -0.39 is 17.9 Å². The largest absolute Gasteiger partial charge is 0.479 e. The molecule has 1 amide bonds. The van der Waals surface area contributed by atoms with Crippen LogP contribution in [0.1, 0.15) is 17.4 Å². The molecule has 31 heavy (non-hydrogen) atoms. The van der Waals surface area contributed by atoms with Gasteiger partial charge in [-0.15, -0.1) is 0 Å². The first-order chi connectivity index (χ1) is 14.9. The lowest BCUT2D eigenvalue weighted by molar-refractivity contribution is -0.145. The summed E-state index contributed by atoms with van der Waals surface area (Å²) in [5.74, 6) is -0.833. The molecule has 1 aliphatic rings. The summed E-state index contributed by atoms with van der Waals surface area (Å²) in [5.41, 5.74) is 1.01. The van der Waals surface area contributed by atoms with Crippen molar-refractivity contribution in [1.82, 2.24) is 4.90 Å². The number of carbonyl (C=O) groups is 2. The Morgan fingerprint density at radius 2 is 1.74 bits per heavy atom. The molecule has 9 heteroatoms. The molecule has 3 aromatic rings. The maximum atomic E-state index is 13.0. The Morgan fingerprint density at radius 3 is 2.39 bits per heavy atom. The number of hydrogen-bond acceptors (Lipinski definition) is 5. The third kappa shape index (κ3) is 4.27. The lowest BCUT2D eigenvalue weighted by Gasteiger charge is -2.23. The number of nitrogens with zero attached hydrogens (tertiary/aromatic N) is 1. The smallest absolute Gasteiger partial charge is 0.331 e. The molecule has 1 aliphatic heterocycles. The van der Waals surface area contributed by atoms with E-state index in [9.17, 15) is 14.7 Å². The third-order valence-corrected chi connectivity index (χ3v) is 6.50. The van der Waals surface area contributed by atoms with Gasteiger partial charge in [0, 0.05) is 6.08 Å². The van der Waals surface area contributed by atoms with E-state index in [0.717, 1.165) is 16.7 Å². The summed E-state index contributed by atoms with van der Waals surface area (Å²) in [7, 11) is 0. The molecule has 1 unspecified atom stereocenters. The maximum absolute atomic E-state index is 13.0. The molecule has 0 bridgehead atoms. The summed E-state index contributed by atoms with van der Waals surface area (Å²) < 4.78 is 5.98. The fraction of sp³-hybridized carbons (Fsp3) is 0.0455. The summed E-state index contributed by atoms with van der Waals surface area (Å²) in [4.78, 5) is 26.3. The number of thiocarbonyl (C=S) groups is 1. The van der Waals surface area contributed by atoms with E-state index in [1.54, 1.807) is 60.7 Å². The number of carbonyl (C=O) groups excluding carboxylic acids is 1. The van der Waals surface area contributed by atoms with E-state index in [-0.39, 0.29) is 9.23 Å². The second kappa shape index (κ2) is 8.88. The van der Waals surface area contributed by atoms with Gasteiger partial charge in [0.05, 0.1) is 20.5 Å². The molecule has 1 aromatic heterocycles. The first-order valence-corrected chi connectivity index (χ1v) is 10.9. The predicted octanol–water partition coefficient (Wildman–Crippen LogP) is 6.28. The molecular formula is C22H13Cl2NO4S2. The second-order valence-electron chi connectivity index (χ2n) is 6.50. The van der Waals surface area contributed by atoms with Crippen molar-refractivity contribution in [1.29, 1.82) is 0 Å². The SMILES string of the molecule is O=C(O)C(c1ccccc1)N1C(=O)/C(=C/c2ccc(-c3c(Cl)cccc3Cl)o2)SC1=S. The number of thioether (sulfide) groups is 1. The zero-order valence-corrected chi connectivity index (χ0v) is 18.8. The predicted molar refractivity (Wildman–Crippen MR) is 126 cm³/mol. The number of benzene rings is 2. The lowest BCUT2D eigenvalue weighted by atomic mass is 10.1. The maximum Gasteiger partial charge on any atom is 0.331 e. The summed E-state index contributed by atoms with van der Waals surface area (Å²) >= 11 is 18.8. The van der Waals surface area contributed by atoms with Gasteiger partial charge in [0.1, 0.15) is 15.8 Å². The third-order valence-electron chi connectivity index (χ3n) is 4.54. The van der Waals surface area contributed by atoms with E-state index in [4.69, 9.17) is 39.8 Å². The monoisotopic (exact) mass is 489 g/mol. The Hall–Kier alpha value is -2.58. The molecule has 1 N–H and O–H groups in total. The van der Waals surface area contributed by atoms with Crippen LogP contribution in [-0.4, -0.2) is 26.2 Å². The van der Waals surface area contributed by atoms with Gasteiger partial charge in [-0.05, 0) is 29.8 Å². The second-order valence-corrected chi connectivity index (χ2v) is 8.99. The van der Waals surface area contributed by atoms with Crippen LogP contribution in [0.2, 0.25) is 10.0 Å². The van der Waals surface area contributed by atoms with E-state index >= 15 is 0 Å². The van der Waals surface area contributed by atoms with Gasteiger partial charge < -0.3 is 9.52 Å². The number of aliphatic carboxylic acids is 1. The summed E-state index contributed by atoms with van der Waals surface area (Å²) in [6.07, 6.45) is 1.53. The normalized spacial score (nSPS) is 16.2. The van der Waals surface area contributed by atoms with Crippen molar-refractivity contribution in [3.05, 3.63) is 86.9 Å². The minimum absolute atomic E-state index is 0.161. The Bertz CT molecular complexity index is 1200. The van der Waals surface area contributed by atoms with Crippen LogP contribution in [0.5, 0.6) is 0 Å². The number of hydrogen-bond donors (Lipinski definition) is 1. The van der Waals surface area contributed by atoms with Gasteiger partial charge in [0.25, 0.3) is 5.91 Å². The van der Waals surface area contributed by atoms with Crippen molar-refractivity contribution in [2.75, 3.05) is 0 Å². The molecule has 0 aliphatic carbocycles. The zero-order valence-electron chi connectivity index (χ0n) is 15.6. The van der Waals surface area contributed by atoms with E-state index in [2.05, 4.69) is 0 Å². The number of amides is 1. The van der Waals surface area contributed by atoms with Crippen LogP contribution in [0.3, 0.4) is 0 Å². The molecule has 0 spiro atoms. The fourth-order valence-electron chi connectivity index (χ4n) is 3.17. The van der Waals surface area contributed by atoms with Gasteiger partial charge in [-0.2, -0.15) is 0 Å².